The highest BCUT2D eigenvalue weighted by Gasteiger charge is 2.18. The summed E-state index contributed by atoms with van der Waals surface area (Å²) in [5.41, 5.74) is 1.00. The minimum absolute atomic E-state index is 0.560. The molecule has 3 rings (SSSR count). The molecule has 0 unspecified atom stereocenters. The lowest BCUT2D eigenvalue weighted by Crippen LogP contribution is -2.32. The fraction of sp³-hybridized carbons (Fsp3) is 0.308. The van der Waals surface area contributed by atoms with Crippen molar-refractivity contribution in [2.24, 2.45) is 5.92 Å². The van der Waals surface area contributed by atoms with Gasteiger partial charge in [-0.1, -0.05) is 6.07 Å². The van der Waals surface area contributed by atoms with Crippen molar-refractivity contribution in [3.05, 3.63) is 36.5 Å². The number of ether oxygens (including phenoxy) is 2. The Labute approximate surface area is 94.0 Å². The van der Waals surface area contributed by atoms with Gasteiger partial charge in [-0.05, 0) is 24.3 Å². The molecule has 3 heteroatoms. The van der Waals surface area contributed by atoms with Gasteiger partial charge in [-0.25, -0.2) is 0 Å². The van der Waals surface area contributed by atoms with Crippen LogP contribution in [0.25, 0.3) is 10.9 Å². The van der Waals surface area contributed by atoms with E-state index in [1.54, 1.807) is 6.20 Å². The van der Waals surface area contributed by atoms with Crippen LogP contribution in [-0.2, 0) is 4.74 Å². The summed E-state index contributed by atoms with van der Waals surface area (Å²) in [4.78, 5) is 4.27. The van der Waals surface area contributed by atoms with Crippen molar-refractivity contribution in [1.82, 2.24) is 4.98 Å². The standard InChI is InChI=1S/C13H13NO2/c1-2-11-6-12(3-4-13(11)14-5-1)16-9-10-7-15-8-10/h1-6,10H,7-9H2. The average molecular weight is 215 g/mol. The normalized spacial score (nSPS) is 16.0. The van der Waals surface area contributed by atoms with Crippen LogP contribution in [0.15, 0.2) is 36.5 Å². The maximum absolute atomic E-state index is 5.71. The first-order chi connectivity index (χ1) is 7.92. The second-order valence-electron chi connectivity index (χ2n) is 4.07. The van der Waals surface area contributed by atoms with Gasteiger partial charge in [-0.15, -0.1) is 0 Å². The van der Waals surface area contributed by atoms with Crippen LogP contribution in [0.4, 0.5) is 0 Å². The molecule has 2 heterocycles. The first-order valence-electron chi connectivity index (χ1n) is 5.47. The molecular formula is C13H13NO2. The van der Waals surface area contributed by atoms with Gasteiger partial charge in [-0.3, -0.25) is 4.98 Å². The van der Waals surface area contributed by atoms with Crippen LogP contribution in [0.1, 0.15) is 0 Å². The average Bonchev–Trinajstić information content (AvgIpc) is 2.27. The van der Waals surface area contributed by atoms with Crippen molar-refractivity contribution >= 4 is 10.9 Å². The molecule has 1 saturated heterocycles. The molecule has 0 N–H and O–H groups in total. The Morgan fingerprint density at radius 3 is 3.06 bits per heavy atom. The molecule has 1 fully saturated rings. The number of fused-ring (bicyclic) bond motifs is 1. The van der Waals surface area contributed by atoms with Crippen LogP contribution in [0.2, 0.25) is 0 Å². The summed E-state index contributed by atoms with van der Waals surface area (Å²) in [6.07, 6.45) is 1.80. The number of aromatic nitrogens is 1. The summed E-state index contributed by atoms with van der Waals surface area (Å²) < 4.78 is 10.8. The second-order valence-corrected chi connectivity index (χ2v) is 4.07. The van der Waals surface area contributed by atoms with Crippen LogP contribution < -0.4 is 4.74 Å². The molecule has 0 aliphatic carbocycles. The Kier molecular flexibility index (Phi) is 2.46. The van der Waals surface area contributed by atoms with Crippen molar-refractivity contribution in [2.45, 2.75) is 0 Å². The molecule has 1 aromatic heterocycles. The second kappa shape index (κ2) is 4.10. The summed E-state index contributed by atoms with van der Waals surface area (Å²) in [5.74, 6) is 1.47. The van der Waals surface area contributed by atoms with E-state index in [1.165, 1.54) is 0 Å². The molecule has 2 aromatic rings. The molecule has 0 bridgehead atoms. The minimum Gasteiger partial charge on any atom is -0.493 e. The predicted octanol–water partition coefficient (Wildman–Crippen LogP) is 2.26. The molecule has 0 atom stereocenters. The lowest BCUT2D eigenvalue weighted by molar-refractivity contribution is -0.0508. The smallest absolute Gasteiger partial charge is 0.120 e. The van der Waals surface area contributed by atoms with Crippen LogP contribution in [-0.4, -0.2) is 24.8 Å². The van der Waals surface area contributed by atoms with Gasteiger partial charge in [0, 0.05) is 17.5 Å². The number of pyridine rings is 1. The fourth-order valence-electron chi connectivity index (χ4n) is 1.74. The van der Waals surface area contributed by atoms with Crippen molar-refractivity contribution in [1.29, 1.82) is 0 Å². The third-order valence-corrected chi connectivity index (χ3v) is 2.77. The molecule has 82 valence electrons. The van der Waals surface area contributed by atoms with E-state index in [2.05, 4.69) is 4.98 Å². The van der Waals surface area contributed by atoms with Gasteiger partial charge in [0.1, 0.15) is 5.75 Å². The number of nitrogens with zero attached hydrogens (tertiary/aromatic N) is 1. The van der Waals surface area contributed by atoms with Crippen LogP contribution >= 0.6 is 0 Å². The van der Waals surface area contributed by atoms with E-state index < -0.39 is 0 Å². The maximum Gasteiger partial charge on any atom is 0.120 e. The molecule has 16 heavy (non-hydrogen) atoms. The van der Waals surface area contributed by atoms with Crippen molar-refractivity contribution in [2.75, 3.05) is 19.8 Å². The molecule has 1 aliphatic rings. The summed E-state index contributed by atoms with van der Waals surface area (Å²) in [7, 11) is 0. The van der Waals surface area contributed by atoms with Crippen molar-refractivity contribution < 1.29 is 9.47 Å². The van der Waals surface area contributed by atoms with E-state index in [-0.39, 0.29) is 0 Å². The third kappa shape index (κ3) is 1.86. The Bertz CT molecular complexity index is 494. The number of hydrogen-bond acceptors (Lipinski definition) is 3. The number of rotatable bonds is 3. The monoisotopic (exact) mass is 215 g/mol. The highest BCUT2D eigenvalue weighted by molar-refractivity contribution is 5.79. The summed E-state index contributed by atoms with van der Waals surface area (Å²) in [6, 6.07) is 9.96. The first-order valence-corrected chi connectivity index (χ1v) is 5.47. The Hall–Kier alpha value is -1.61. The van der Waals surface area contributed by atoms with E-state index in [9.17, 15) is 0 Å². The first kappa shape index (κ1) is 9.60. The highest BCUT2D eigenvalue weighted by Crippen LogP contribution is 2.20. The zero-order chi connectivity index (χ0) is 10.8. The summed E-state index contributed by atoms with van der Waals surface area (Å²) in [6.45, 7) is 2.40. The van der Waals surface area contributed by atoms with E-state index in [0.717, 1.165) is 36.5 Å². The third-order valence-electron chi connectivity index (χ3n) is 2.77. The van der Waals surface area contributed by atoms with Gasteiger partial charge >= 0.3 is 0 Å². The fourth-order valence-corrected chi connectivity index (χ4v) is 1.74. The Morgan fingerprint density at radius 1 is 1.31 bits per heavy atom. The van der Waals surface area contributed by atoms with E-state index in [1.807, 2.05) is 30.3 Å². The molecule has 0 amide bonds. The molecule has 0 spiro atoms. The predicted molar refractivity (Wildman–Crippen MR) is 61.5 cm³/mol. The van der Waals surface area contributed by atoms with Gasteiger partial charge in [0.2, 0.25) is 0 Å². The highest BCUT2D eigenvalue weighted by atomic mass is 16.5. The van der Waals surface area contributed by atoms with Gasteiger partial charge in [0.15, 0.2) is 0 Å². The van der Waals surface area contributed by atoms with Crippen LogP contribution in [0.3, 0.4) is 0 Å². The summed E-state index contributed by atoms with van der Waals surface area (Å²) >= 11 is 0. The van der Waals surface area contributed by atoms with Gasteiger partial charge < -0.3 is 9.47 Å². The zero-order valence-corrected chi connectivity index (χ0v) is 8.93. The van der Waals surface area contributed by atoms with Crippen molar-refractivity contribution in [3.63, 3.8) is 0 Å². The Balaban J connectivity index is 1.76. The summed E-state index contributed by atoms with van der Waals surface area (Å²) in [5, 5.41) is 1.12. The largest absolute Gasteiger partial charge is 0.493 e. The minimum atomic E-state index is 0.560. The molecular weight excluding hydrogens is 202 g/mol. The van der Waals surface area contributed by atoms with Gasteiger partial charge in [-0.2, -0.15) is 0 Å². The lowest BCUT2D eigenvalue weighted by atomic mass is 10.1. The topological polar surface area (TPSA) is 31.4 Å². The molecule has 1 aromatic carbocycles. The Morgan fingerprint density at radius 2 is 2.25 bits per heavy atom. The van der Waals surface area contributed by atoms with E-state index in [4.69, 9.17) is 9.47 Å². The molecule has 3 nitrogen and oxygen atoms in total. The quantitative estimate of drug-likeness (QED) is 0.787. The lowest BCUT2D eigenvalue weighted by Gasteiger charge is -2.25. The van der Waals surface area contributed by atoms with E-state index >= 15 is 0 Å². The van der Waals surface area contributed by atoms with Crippen molar-refractivity contribution in [3.8, 4) is 5.75 Å². The SMILES string of the molecule is c1cnc2ccc(OCC3COC3)cc2c1. The maximum atomic E-state index is 5.71. The van der Waals surface area contributed by atoms with Crippen LogP contribution in [0.5, 0.6) is 5.75 Å². The van der Waals surface area contributed by atoms with Gasteiger partial charge in [0.25, 0.3) is 0 Å². The van der Waals surface area contributed by atoms with Gasteiger partial charge in [0.05, 0.1) is 25.3 Å². The molecule has 0 saturated carbocycles. The zero-order valence-electron chi connectivity index (χ0n) is 8.93. The van der Waals surface area contributed by atoms with E-state index in [0.29, 0.717) is 5.92 Å². The number of hydrogen-bond donors (Lipinski definition) is 0. The molecule has 0 radical (unpaired) electrons. The van der Waals surface area contributed by atoms with Crippen LogP contribution in [0, 0.1) is 5.92 Å². The number of benzene rings is 1. The molecule has 1 aliphatic heterocycles.